The SMILES string of the molecule is CCc1nn(C2CCCC2)c2nc(-c3cccc(OCCN4CCOCC4)c3)[nH]c(=O)c12. The maximum Gasteiger partial charge on any atom is 0.262 e. The van der Waals surface area contributed by atoms with Gasteiger partial charge in [-0.1, -0.05) is 31.9 Å². The molecule has 0 atom stereocenters. The third-order valence-corrected chi connectivity index (χ3v) is 6.53. The lowest BCUT2D eigenvalue weighted by atomic mass is 10.2. The molecular formula is C24H31N5O3. The number of benzene rings is 1. The zero-order chi connectivity index (χ0) is 21.9. The van der Waals surface area contributed by atoms with E-state index in [0.29, 0.717) is 35.9 Å². The van der Waals surface area contributed by atoms with E-state index in [4.69, 9.17) is 19.6 Å². The van der Waals surface area contributed by atoms with Crippen LogP contribution in [0.1, 0.15) is 44.3 Å². The number of rotatable bonds is 7. The largest absolute Gasteiger partial charge is 0.492 e. The van der Waals surface area contributed by atoms with Gasteiger partial charge in [-0.05, 0) is 31.4 Å². The number of nitrogens with one attached hydrogen (secondary N) is 1. The maximum atomic E-state index is 13.0. The van der Waals surface area contributed by atoms with Crippen LogP contribution in [0.2, 0.25) is 0 Å². The lowest BCUT2D eigenvalue weighted by Crippen LogP contribution is -2.38. The summed E-state index contributed by atoms with van der Waals surface area (Å²) in [6, 6.07) is 8.11. The van der Waals surface area contributed by atoms with Crippen LogP contribution in [-0.4, -0.2) is 64.1 Å². The summed E-state index contributed by atoms with van der Waals surface area (Å²) in [4.78, 5) is 23.2. The highest BCUT2D eigenvalue weighted by molar-refractivity contribution is 5.79. The zero-order valence-corrected chi connectivity index (χ0v) is 18.7. The number of morpholine rings is 1. The van der Waals surface area contributed by atoms with Gasteiger partial charge in [0.2, 0.25) is 0 Å². The molecule has 1 saturated carbocycles. The molecule has 1 aliphatic heterocycles. The number of nitrogens with zero attached hydrogens (tertiary/aromatic N) is 4. The van der Waals surface area contributed by atoms with Crippen molar-refractivity contribution < 1.29 is 9.47 Å². The lowest BCUT2D eigenvalue weighted by Gasteiger charge is -2.26. The maximum absolute atomic E-state index is 13.0. The van der Waals surface area contributed by atoms with Crippen LogP contribution in [0.3, 0.4) is 0 Å². The van der Waals surface area contributed by atoms with Gasteiger partial charge in [0.1, 0.15) is 23.6 Å². The van der Waals surface area contributed by atoms with Gasteiger partial charge in [-0.3, -0.25) is 9.69 Å². The van der Waals surface area contributed by atoms with Gasteiger partial charge < -0.3 is 14.5 Å². The molecule has 1 aliphatic carbocycles. The van der Waals surface area contributed by atoms with Crippen LogP contribution in [0.4, 0.5) is 0 Å². The summed E-state index contributed by atoms with van der Waals surface area (Å²) in [5.41, 5.74) is 2.24. The Morgan fingerprint density at radius 1 is 1.22 bits per heavy atom. The summed E-state index contributed by atoms with van der Waals surface area (Å²) in [6.45, 7) is 6.98. The fraction of sp³-hybridized carbons (Fsp3) is 0.542. The monoisotopic (exact) mass is 437 g/mol. The van der Waals surface area contributed by atoms with E-state index in [1.165, 1.54) is 12.8 Å². The minimum Gasteiger partial charge on any atom is -0.492 e. The molecule has 2 aliphatic rings. The molecule has 2 aromatic heterocycles. The second-order valence-electron chi connectivity index (χ2n) is 8.63. The number of ether oxygens (including phenoxy) is 2. The molecule has 32 heavy (non-hydrogen) atoms. The molecule has 1 aromatic carbocycles. The quantitative estimate of drug-likeness (QED) is 0.611. The Hall–Kier alpha value is -2.71. The van der Waals surface area contributed by atoms with Crippen LogP contribution < -0.4 is 10.3 Å². The summed E-state index contributed by atoms with van der Waals surface area (Å²) in [5, 5.41) is 5.41. The number of aromatic amines is 1. The van der Waals surface area contributed by atoms with Crippen molar-refractivity contribution in [2.24, 2.45) is 0 Å². The molecule has 3 heterocycles. The van der Waals surface area contributed by atoms with Gasteiger partial charge in [-0.25, -0.2) is 9.67 Å². The Morgan fingerprint density at radius 3 is 2.81 bits per heavy atom. The Kier molecular flexibility index (Phi) is 6.23. The van der Waals surface area contributed by atoms with E-state index in [9.17, 15) is 4.79 Å². The molecule has 5 rings (SSSR count). The highest BCUT2D eigenvalue weighted by Crippen LogP contribution is 2.32. The normalized spacial score (nSPS) is 17.9. The Morgan fingerprint density at radius 2 is 2.03 bits per heavy atom. The number of fused-ring (bicyclic) bond motifs is 1. The molecule has 0 spiro atoms. The average Bonchev–Trinajstić information content (AvgIpc) is 3.48. The molecule has 170 valence electrons. The first kappa shape index (κ1) is 21.2. The van der Waals surface area contributed by atoms with Crippen molar-refractivity contribution in [2.75, 3.05) is 39.5 Å². The molecule has 3 aromatic rings. The summed E-state index contributed by atoms with van der Waals surface area (Å²) in [5.74, 6) is 1.33. The Labute approximate surface area is 187 Å². The molecule has 0 amide bonds. The lowest BCUT2D eigenvalue weighted by molar-refractivity contribution is 0.0322. The second-order valence-corrected chi connectivity index (χ2v) is 8.63. The van der Waals surface area contributed by atoms with Crippen molar-refractivity contribution >= 4 is 11.0 Å². The summed E-state index contributed by atoms with van der Waals surface area (Å²) in [6.07, 6.45) is 5.31. The van der Waals surface area contributed by atoms with Crippen molar-refractivity contribution in [2.45, 2.75) is 45.1 Å². The van der Waals surface area contributed by atoms with Crippen molar-refractivity contribution in [1.29, 1.82) is 0 Å². The van der Waals surface area contributed by atoms with Crippen LogP contribution in [0.15, 0.2) is 29.1 Å². The molecular weight excluding hydrogens is 406 g/mol. The first-order valence-corrected chi connectivity index (χ1v) is 11.8. The van der Waals surface area contributed by atoms with Gasteiger partial charge in [0.15, 0.2) is 5.65 Å². The predicted octanol–water partition coefficient (Wildman–Crippen LogP) is 3.18. The smallest absolute Gasteiger partial charge is 0.262 e. The minimum absolute atomic E-state index is 0.121. The standard InChI is InChI=1S/C24H31N5O3/c1-2-20-21-23(29(27-20)18-7-3-4-8-18)25-22(26-24(21)30)17-6-5-9-19(16-17)32-15-12-28-10-13-31-14-11-28/h5-6,9,16,18H,2-4,7-8,10-15H2,1H3,(H,25,26,30). The fourth-order valence-electron chi connectivity index (χ4n) is 4.75. The number of hydrogen-bond donors (Lipinski definition) is 1. The van der Waals surface area contributed by atoms with E-state index in [1.54, 1.807) is 0 Å². The molecule has 8 heteroatoms. The molecule has 0 bridgehead atoms. The topological polar surface area (TPSA) is 85.3 Å². The first-order valence-electron chi connectivity index (χ1n) is 11.8. The van der Waals surface area contributed by atoms with E-state index in [2.05, 4.69) is 9.88 Å². The number of H-pyrrole nitrogens is 1. The van der Waals surface area contributed by atoms with E-state index >= 15 is 0 Å². The summed E-state index contributed by atoms with van der Waals surface area (Å²) >= 11 is 0. The van der Waals surface area contributed by atoms with Crippen LogP contribution in [0.5, 0.6) is 5.75 Å². The molecule has 1 N–H and O–H groups in total. The van der Waals surface area contributed by atoms with Gasteiger partial charge in [-0.15, -0.1) is 0 Å². The van der Waals surface area contributed by atoms with Gasteiger partial charge in [0, 0.05) is 25.2 Å². The van der Waals surface area contributed by atoms with E-state index in [0.717, 1.165) is 62.7 Å². The molecule has 2 fully saturated rings. The van der Waals surface area contributed by atoms with Gasteiger partial charge in [-0.2, -0.15) is 5.10 Å². The first-order chi connectivity index (χ1) is 15.7. The van der Waals surface area contributed by atoms with Crippen LogP contribution in [0, 0.1) is 0 Å². The van der Waals surface area contributed by atoms with E-state index in [1.807, 2.05) is 35.9 Å². The summed E-state index contributed by atoms with van der Waals surface area (Å²) < 4.78 is 13.4. The van der Waals surface area contributed by atoms with Crippen LogP contribution >= 0.6 is 0 Å². The van der Waals surface area contributed by atoms with Gasteiger partial charge in [0.25, 0.3) is 5.56 Å². The van der Waals surface area contributed by atoms with Crippen molar-refractivity contribution in [3.63, 3.8) is 0 Å². The predicted molar refractivity (Wildman–Crippen MR) is 123 cm³/mol. The van der Waals surface area contributed by atoms with Crippen molar-refractivity contribution in [3.05, 3.63) is 40.3 Å². The average molecular weight is 438 g/mol. The zero-order valence-electron chi connectivity index (χ0n) is 18.7. The highest BCUT2D eigenvalue weighted by atomic mass is 16.5. The van der Waals surface area contributed by atoms with E-state index < -0.39 is 0 Å². The molecule has 0 radical (unpaired) electrons. The van der Waals surface area contributed by atoms with E-state index in [-0.39, 0.29) is 5.56 Å². The van der Waals surface area contributed by atoms with Crippen LogP contribution in [-0.2, 0) is 11.2 Å². The minimum atomic E-state index is -0.121. The van der Waals surface area contributed by atoms with Crippen molar-refractivity contribution in [1.82, 2.24) is 24.6 Å². The molecule has 1 saturated heterocycles. The van der Waals surface area contributed by atoms with Gasteiger partial charge in [0.05, 0.1) is 24.9 Å². The second kappa shape index (κ2) is 9.42. The third-order valence-electron chi connectivity index (χ3n) is 6.53. The molecule has 0 unspecified atom stereocenters. The Bertz CT molecular complexity index is 1130. The van der Waals surface area contributed by atoms with Gasteiger partial charge >= 0.3 is 0 Å². The van der Waals surface area contributed by atoms with Crippen molar-refractivity contribution in [3.8, 4) is 17.1 Å². The number of hydrogen-bond acceptors (Lipinski definition) is 6. The number of aromatic nitrogens is 4. The number of aryl methyl sites for hydroxylation is 1. The fourth-order valence-corrected chi connectivity index (χ4v) is 4.75. The third kappa shape index (κ3) is 4.29. The Balaban J connectivity index is 1.41. The highest BCUT2D eigenvalue weighted by Gasteiger charge is 2.24. The molecule has 8 nitrogen and oxygen atoms in total. The summed E-state index contributed by atoms with van der Waals surface area (Å²) in [7, 11) is 0. The van der Waals surface area contributed by atoms with Crippen LogP contribution in [0.25, 0.3) is 22.4 Å².